The van der Waals surface area contributed by atoms with E-state index in [4.69, 9.17) is 5.73 Å². The minimum Gasteiger partial charge on any atom is -0.355 e. The summed E-state index contributed by atoms with van der Waals surface area (Å²) in [4.78, 5) is 11.4. The Bertz CT molecular complexity index is 398. The van der Waals surface area contributed by atoms with Crippen molar-refractivity contribution < 1.29 is 9.18 Å². The van der Waals surface area contributed by atoms with Gasteiger partial charge in [0.2, 0.25) is 5.91 Å². The highest BCUT2D eigenvalue weighted by molar-refractivity contribution is 9.10. The number of rotatable bonds is 5. The lowest BCUT2D eigenvalue weighted by molar-refractivity contribution is -0.124. The van der Waals surface area contributed by atoms with Gasteiger partial charge >= 0.3 is 0 Å². The molecule has 0 bridgehead atoms. The summed E-state index contributed by atoms with van der Waals surface area (Å²) in [5.41, 5.74) is 5.96. The van der Waals surface area contributed by atoms with Crippen molar-refractivity contribution in [2.75, 3.05) is 13.1 Å². The highest BCUT2D eigenvalue weighted by atomic mass is 79.9. The van der Waals surface area contributed by atoms with E-state index >= 15 is 0 Å². The van der Waals surface area contributed by atoms with Crippen LogP contribution in [0.4, 0.5) is 4.39 Å². The molecular weight excluding hydrogens is 287 g/mol. The van der Waals surface area contributed by atoms with Crippen LogP contribution in [0.1, 0.15) is 12.5 Å². The predicted octanol–water partition coefficient (Wildman–Crippen LogP) is 1.84. The molecule has 3 nitrogen and oxygen atoms in total. The SMILES string of the molecule is CC(CN)C(=O)NCCc1cc(Br)ccc1F. The lowest BCUT2D eigenvalue weighted by atomic mass is 10.1. The molecule has 0 aliphatic heterocycles. The number of carbonyl (C=O) groups is 1. The van der Waals surface area contributed by atoms with Crippen LogP contribution in [0.5, 0.6) is 0 Å². The Morgan fingerprint density at radius 3 is 2.94 bits per heavy atom. The molecule has 0 aromatic heterocycles. The molecule has 1 amide bonds. The molecule has 1 aromatic carbocycles. The van der Waals surface area contributed by atoms with Gasteiger partial charge in [0.15, 0.2) is 0 Å². The molecule has 1 rings (SSSR count). The van der Waals surface area contributed by atoms with Crippen LogP contribution in [0.15, 0.2) is 22.7 Å². The van der Waals surface area contributed by atoms with Crippen molar-refractivity contribution in [3.8, 4) is 0 Å². The molecule has 0 radical (unpaired) electrons. The number of nitrogens with one attached hydrogen (secondary N) is 1. The number of nitrogens with two attached hydrogens (primary N) is 1. The van der Waals surface area contributed by atoms with E-state index in [9.17, 15) is 9.18 Å². The minimum absolute atomic E-state index is 0.0945. The normalized spacial score (nSPS) is 12.2. The molecule has 1 unspecified atom stereocenters. The van der Waals surface area contributed by atoms with Crippen molar-refractivity contribution in [1.82, 2.24) is 5.32 Å². The van der Waals surface area contributed by atoms with Crippen molar-refractivity contribution in [3.05, 3.63) is 34.1 Å². The number of hydrogen-bond acceptors (Lipinski definition) is 2. The van der Waals surface area contributed by atoms with Crippen LogP contribution >= 0.6 is 15.9 Å². The summed E-state index contributed by atoms with van der Waals surface area (Å²) in [7, 11) is 0. The molecule has 0 fully saturated rings. The number of hydrogen-bond donors (Lipinski definition) is 2. The van der Waals surface area contributed by atoms with Crippen molar-refractivity contribution in [2.45, 2.75) is 13.3 Å². The Kier molecular flexibility index (Phi) is 5.58. The molecule has 1 aromatic rings. The largest absolute Gasteiger partial charge is 0.355 e. The van der Waals surface area contributed by atoms with Crippen molar-refractivity contribution in [3.63, 3.8) is 0 Å². The topological polar surface area (TPSA) is 55.1 Å². The van der Waals surface area contributed by atoms with Gasteiger partial charge < -0.3 is 11.1 Å². The van der Waals surface area contributed by atoms with Crippen LogP contribution in [-0.2, 0) is 11.2 Å². The van der Waals surface area contributed by atoms with Crippen LogP contribution in [-0.4, -0.2) is 19.0 Å². The van der Waals surface area contributed by atoms with Gasteiger partial charge in [-0.05, 0) is 30.2 Å². The smallest absolute Gasteiger partial charge is 0.224 e. The van der Waals surface area contributed by atoms with Crippen LogP contribution in [0.25, 0.3) is 0 Å². The summed E-state index contributed by atoms with van der Waals surface area (Å²) in [5.74, 6) is -0.556. The Morgan fingerprint density at radius 2 is 2.29 bits per heavy atom. The van der Waals surface area contributed by atoms with Crippen LogP contribution < -0.4 is 11.1 Å². The maximum absolute atomic E-state index is 13.4. The quantitative estimate of drug-likeness (QED) is 0.872. The first kappa shape index (κ1) is 14.1. The van der Waals surface area contributed by atoms with Crippen LogP contribution in [0.3, 0.4) is 0 Å². The highest BCUT2D eigenvalue weighted by Crippen LogP contribution is 2.15. The lowest BCUT2D eigenvalue weighted by Gasteiger charge is -2.10. The molecule has 17 heavy (non-hydrogen) atoms. The summed E-state index contributed by atoms with van der Waals surface area (Å²) in [6, 6.07) is 4.77. The molecule has 1 atom stereocenters. The van der Waals surface area contributed by atoms with Crippen LogP contribution in [0.2, 0.25) is 0 Å². The first-order valence-electron chi connectivity index (χ1n) is 5.46. The third kappa shape index (κ3) is 4.44. The zero-order valence-corrected chi connectivity index (χ0v) is 11.3. The second-order valence-electron chi connectivity index (χ2n) is 3.91. The molecule has 0 saturated heterocycles. The third-order valence-electron chi connectivity index (χ3n) is 2.50. The van der Waals surface area contributed by atoms with Gasteiger partial charge in [0, 0.05) is 23.5 Å². The van der Waals surface area contributed by atoms with Crippen LogP contribution in [0, 0.1) is 11.7 Å². The van der Waals surface area contributed by atoms with Gasteiger partial charge in [0.1, 0.15) is 5.82 Å². The molecule has 3 N–H and O–H groups in total. The summed E-state index contributed by atoms with van der Waals surface area (Å²) in [6.07, 6.45) is 0.467. The Balaban J connectivity index is 2.46. The summed E-state index contributed by atoms with van der Waals surface area (Å²) in [6.45, 7) is 2.49. The van der Waals surface area contributed by atoms with Crippen molar-refractivity contribution in [2.24, 2.45) is 11.7 Å². The van der Waals surface area contributed by atoms with Gasteiger partial charge in [-0.1, -0.05) is 22.9 Å². The number of halogens is 2. The maximum atomic E-state index is 13.4. The fraction of sp³-hybridized carbons (Fsp3) is 0.417. The molecule has 94 valence electrons. The lowest BCUT2D eigenvalue weighted by Crippen LogP contribution is -2.34. The first-order valence-corrected chi connectivity index (χ1v) is 6.25. The fourth-order valence-corrected chi connectivity index (χ4v) is 1.75. The van der Waals surface area contributed by atoms with E-state index in [1.54, 1.807) is 19.1 Å². The number of amides is 1. The zero-order valence-electron chi connectivity index (χ0n) is 9.67. The molecule has 0 spiro atoms. The van der Waals surface area contributed by atoms with E-state index in [2.05, 4.69) is 21.2 Å². The van der Waals surface area contributed by atoms with E-state index in [-0.39, 0.29) is 17.6 Å². The molecule has 0 heterocycles. The highest BCUT2D eigenvalue weighted by Gasteiger charge is 2.10. The molecule has 0 aliphatic carbocycles. The standard InChI is InChI=1S/C12H16BrFN2O/c1-8(7-15)12(17)16-5-4-9-6-10(13)2-3-11(9)14/h2-3,6,8H,4-5,7,15H2,1H3,(H,16,17). The second kappa shape index (κ2) is 6.71. The first-order chi connectivity index (χ1) is 8.04. The zero-order chi connectivity index (χ0) is 12.8. The number of carbonyl (C=O) groups excluding carboxylic acids is 1. The molecule has 0 aliphatic rings. The Labute approximate surface area is 109 Å². The van der Waals surface area contributed by atoms with Crippen molar-refractivity contribution >= 4 is 21.8 Å². The molecule has 5 heteroatoms. The average molecular weight is 303 g/mol. The van der Waals surface area contributed by atoms with Gasteiger partial charge in [0.25, 0.3) is 0 Å². The average Bonchev–Trinajstić information content (AvgIpc) is 2.32. The van der Waals surface area contributed by atoms with Gasteiger partial charge in [-0.15, -0.1) is 0 Å². The summed E-state index contributed by atoms with van der Waals surface area (Å²) >= 11 is 3.28. The van der Waals surface area contributed by atoms with E-state index in [1.807, 2.05) is 0 Å². The van der Waals surface area contributed by atoms with E-state index in [1.165, 1.54) is 6.07 Å². The third-order valence-corrected chi connectivity index (χ3v) is 3.00. The van der Waals surface area contributed by atoms with Gasteiger partial charge in [-0.25, -0.2) is 4.39 Å². The van der Waals surface area contributed by atoms with E-state index < -0.39 is 0 Å². The summed E-state index contributed by atoms with van der Waals surface area (Å²) in [5, 5.41) is 2.73. The fourth-order valence-electron chi connectivity index (χ4n) is 1.34. The molecule has 0 saturated carbocycles. The minimum atomic E-state index is -0.255. The monoisotopic (exact) mass is 302 g/mol. The predicted molar refractivity (Wildman–Crippen MR) is 69.0 cm³/mol. The maximum Gasteiger partial charge on any atom is 0.224 e. The Hall–Kier alpha value is -0.940. The summed E-state index contributed by atoms with van der Waals surface area (Å²) < 4.78 is 14.2. The number of benzene rings is 1. The van der Waals surface area contributed by atoms with Gasteiger partial charge in [-0.2, -0.15) is 0 Å². The Morgan fingerprint density at radius 1 is 1.59 bits per heavy atom. The molecular formula is C12H16BrFN2O. The van der Waals surface area contributed by atoms with E-state index in [0.29, 0.717) is 25.1 Å². The van der Waals surface area contributed by atoms with E-state index in [0.717, 1.165) is 4.47 Å². The van der Waals surface area contributed by atoms with Crippen molar-refractivity contribution in [1.29, 1.82) is 0 Å². The van der Waals surface area contributed by atoms with Gasteiger partial charge in [-0.3, -0.25) is 4.79 Å². The van der Waals surface area contributed by atoms with Gasteiger partial charge in [0.05, 0.1) is 0 Å². The second-order valence-corrected chi connectivity index (χ2v) is 4.83.